The van der Waals surface area contributed by atoms with Crippen LogP contribution in [0.15, 0.2) is 18.2 Å². The summed E-state index contributed by atoms with van der Waals surface area (Å²) >= 11 is 0. The molecule has 0 aliphatic carbocycles. The van der Waals surface area contributed by atoms with Crippen LogP contribution in [0.1, 0.15) is 32.8 Å². The van der Waals surface area contributed by atoms with Crippen molar-refractivity contribution in [2.75, 3.05) is 12.3 Å². The molecule has 5 heteroatoms. The Balaban J connectivity index is 3.06. The summed E-state index contributed by atoms with van der Waals surface area (Å²) in [5.41, 5.74) is 6.89. The first-order chi connectivity index (χ1) is 8.40. The Morgan fingerprint density at radius 2 is 2.00 bits per heavy atom. The Hall–Kier alpha value is -1.23. The Morgan fingerprint density at radius 1 is 1.33 bits per heavy atom. The van der Waals surface area contributed by atoms with Gasteiger partial charge in [-0.2, -0.15) is 0 Å². The summed E-state index contributed by atoms with van der Waals surface area (Å²) in [6.07, 6.45) is 0.606. The van der Waals surface area contributed by atoms with Crippen LogP contribution in [0, 0.1) is 0 Å². The fourth-order valence-corrected chi connectivity index (χ4v) is 3.07. The van der Waals surface area contributed by atoms with Gasteiger partial charge in [0, 0.05) is 11.3 Å². The van der Waals surface area contributed by atoms with E-state index in [1.165, 1.54) is 0 Å². The SMILES string of the molecule is CCOc1ccc(N)cc1CS(=O)(=O)C(C)CC. The van der Waals surface area contributed by atoms with E-state index in [1.54, 1.807) is 25.1 Å². The molecule has 0 saturated carbocycles. The van der Waals surface area contributed by atoms with Crippen LogP contribution in [0.5, 0.6) is 5.75 Å². The van der Waals surface area contributed by atoms with E-state index in [2.05, 4.69) is 0 Å². The first kappa shape index (κ1) is 14.8. The molecule has 0 saturated heterocycles. The first-order valence-electron chi connectivity index (χ1n) is 6.13. The van der Waals surface area contributed by atoms with Crippen LogP contribution in [-0.2, 0) is 15.6 Å². The second-order valence-corrected chi connectivity index (χ2v) is 6.75. The molecule has 0 fully saturated rings. The van der Waals surface area contributed by atoms with Crippen molar-refractivity contribution >= 4 is 15.5 Å². The molecule has 4 nitrogen and oxygen atoms in total. The third-order valence-electron chi connectivity index (χ3n) is 2.93. The van der Waals surface area contributed by atoms with E-state index in [4.69, 9.17) is 10.5 Å². The summed E-state index contributed by atoms with van der Waals surface area (Å²) in [5.74, 6) is 0.570. The largest absolute Gasteiger partial charge is 0.494 e. The maximum absolute atomic E-state index is 12.1. The van der Waals surface area contributed by atoms with Gasteiger partial charge in [-0.05, 0) is 38.5 Å². The zero-order chi connectivity index (χ0) is 13.8. The minimum atomic E-state index is -3.16. The van der Waals surface area contributed by atoms with Gasteiger partial charge in [0.25, 0.3) is 0 Å². The molecule has 0 heterocycles. The normalized spacial score (nSPS) is 13.3. The van der Waals surface area contributed by atoms with Crippen LogP contribution in [-0.4, -0.2) is 20.3 Å². The van der Waals surface area contributed by atoms with E-state index in [1.807, 2.05) is 13.8 Å². The van der Waals surface area contributed by atoms with Crippen molar-refractivity contribution in [3.05, 3.63) is 23.8 Å². The van der Waals surface area contributed by atoms with Crippen molar-refractivity contribution in [1.82, 2.24) is 0 Å². The highest BCUT2D eigenvalue weighted by Crippen LogP contribution is 2.25. The molecule has 1 aromatic rings. The van der Waals surface area contributed by atoms with Crippen LogP contribution in [0.3, 0.4) is 0 Å². The van der Waals surface area contributed by atoms with Gasteiger partial charge in [-0.1, -0.05) is 6.92 Å². The van der Waals surface area contributed by atoms with Gasteiger partial charge in [-0.25, -0.2) is 8.42 Å². The zero-order valence-corrected chi connectivity index (χ0v) is 12.0. The quantitative estimate of drug-likeness (QED) is 0.806. The van der Waals surface area contributed by atoms with E-state index >= 15 is 0 Å². The van der Waals surface area contributed by atoms with Crippen molar-refractivity contribution in [3.63, 3.8) is 0 Å². The lowest BCUT2D eigenvalue weighted by molar-refractivity contribution is 0.337. The smallest absolute Gasteiger partial charge is 0.157 e. The van der Waals surface area contributed by atoms with Crippen LogP contribution < -0.4 is 10.5 Å². The van der Waals surface area contributed by atoms with Crippen molar-refractivity contribution in [2.45, 2.75) is 38.2 Å². The summed E-state index contributed by atoms with van der Waals surface area (Å²) < 4.78 is 29.6. The molecule has 0 aliphatic heterocycles. The van der Waals surface area contributed by atoms with Crippen LogP contribution in [0.4, 0.5) is 5.69 Å². The second kappa shape index (κ2) is 6.09. The van der Waals surface area contributed by atoms with E-state index in [0.29, 0.717) is 30.0 Å². The lowest BCUT2D eigenvalue weighted by atomic mass is 10.2. The number of nitrogens with two attached hydrogens (primary N) is 1. The number of sulfone groups is 1. The molecule has 0 bridgehead atoms. The van der Waals surface area contributed by atoms with Gasteiger partial charge in [-0.15, -0.1) is 0 Å². The summed E-state index contributed by atoms with van der Waals surface area (Å²) in [4.78, 5) is 0. The predicted molar refractivity (Wildman–Crippen MR) is 74.4 cm³/mol. The molecular formula is C13H21NO3S. The van der Waals surface area contributed by atoms with Crippen molar-refractivity contribution in [3.8, 4) is 5.75 Å². The minimum Gasteiger partial charge on any atom is -0.494 e. The molecule has 0 aliphatic rings. The molecule has 1 atom stereocenters. The summed E-state index contributed by atoms with van der Waals surface area (Å²) in [5, 5.41) is -0.353. The molecule has 0 spiro atoms. The van der Waals surface area contributed by atoms with Gasteiger partial charge in [0.1, 0.15) is 5.75 Å². The predicted octanol–water partition coefficient (Wildman–Crippen LogP) is 2.38. The van der Waals surface area contributed by atoms with Gasteiger partial charge in [0.05, 0.1) is 17.6 Å². The average molecular weight is 271 g/mol. The molecule has 2 N–H and O–H groups in total. The molecule has 0 aromatic heterocycles. The molecule has 1 unspecified atom stereocenters. The van der Waals surface area contributed by atoms with Gasteiger partial charge < -0.3 is 10.5 Å². The Bertz CT molecular complexity index is 497. The lowest BCUT2D eigenvalue weighted by Crippen LogP contribution is -2.19. The highest BCUT2D eigenvalue weighted by atomic mass is 32.2. The highest BCUT2D eigenvalue weighted by Gasteiger charge is 2.21. The van der Waals surface area contributed by atoms with Crippen LogP contribution >= 0.6 is 0 Å². The van der Waals surface area contributed by atoms with Crippen molar-refractivity contribution in [2.24, 2.45) is 0 Å². The van der Waals surface area contributed by atoms with Crippen molar-refractivity contribution < 1.29 is 13.2 Å². The van der Waals surface area contributed by atoms with E-state index in [0.717, 1.165) is 0 Å². The topological polar surface area (TPSA) is 69.4 Å². The molecule has 102 valence electrons. The number of rotatable bonds is 6. The molecule has 1 aromatic carbocycles. The minimum absolute atomic E-state index is 0.0254. The van der Waals surface area contributed by atoms with Crippen LogP contribution in [0.2, 0.25) is 0 Å². The van der Waals surface area contributed by atoms with Gasteiger partial charge in [0.15, 0.2) is 9.84 Å². The Kier molecular flexibility index (Phi) is 5.02. The number of ether oxygens (including phenoxy) is 1. The third-order valence-corrected chi connectivity index (χ3v) is 5.20. The monoisotopic (exact) mass is 271 g/mol. The standard InChI is InChI=1S/C13H21NO3S/c1-4-10(3)18(15,16)9-11-8-12(14)6-7-13(11)17-5-2/h6-8,10H,4-5,9,14H2,1-3H3. The van der Waals surface area contributed by atoms with Crippen LogP contribution in [0.25, 0.3) is 0 Å². The molecular weight excluding hydrogens is 250 g/mol. The third kappa shape index (κ3) is 3.63. The summed E-state index contributed by atoms with van der Waals surface area (Å²) in [6, 6.07) is 5.11. The van der Waals surface area contributed by atoms with Gasteiger partial charge in [0.2, 0.25) is 0 Å². The fourth-order valence-electron chi connectivity index (χ4n) is 1.62. The Morgan fingerprint density at radius 3 is 2.56 bits per heavy atom. The molecule has 0 amide bonds. The van der Waals surface area contributed by atoms with E-state index in [9.17, 15) is 8.42 Å². The second-order valence-electron chi connectivity index (χ2n) is 4.33. The summed E-state index contributed by atoms with van der Waals surface area (Å²) in [7, 11) is -3.16. The van der Waals surface area contributed by atoms with Gasteiger partial charge in [-0.3, -0.25) is 0 Å². The highest BCUT2D eigenvalue weighted by molar-refractivity contribution is 7.91. The number of hydrogen-bond acceptors (Lipinski definition) is 4. The number of hydrogen-bond donors (Lipinski definition) is 1. The number of anilines is 1. The fraction of sp³-hybridized carbons (Fsp3) is 0.538. The van der Waals surface area contributed by atoms with Gasteiger partial charge >= 0.3 is 0 Å². The number of nitrogen functional groups attached to an aromatic ring is 1. The average Bonchev–Trinajstić information content (AvgIpc) is 2.31. The number of benzene rings is 1. The Labute approximate surface area is 109 Å². The molecule has 1 rings (SSSR count). The molecule has 0 radical (unpaired) electrons. The first-order valence-corrected chi connectivity index (χ1v) is 7.85. The maximum atomic E-state index is 12.1. The van der Waals surface area contributed by atoms with E-state index in [-0.39, 0.29) is 11.0 Å². The van der Waals surface area contributed by atoms with E-state index < -0.39 is 9.84 Å². The molecule has 18 heavy (non-hydrogen) atoms. The summed E-state index contributed by atoms with van der Waals surface area (Å²) in [6.45, 7) is 5.95. The lowest BCUT2D eigenvalue weighted by Gasteiger charge is -2.14. The maximum Gasteiger partial charge on any atom is 0.157 e. The zero-order valence-electron chi connectivity index (χ0n) is 11.1. The van der Waals surface area contributed by atoms with Crippen molar-refractivity contribution in [1.29, 1.82) is 0 Å².